The van der Waals surface area contributed by atoms with Gasteiger partial charge in [0.1, 0.15) is 10.8 Å². The molecule has 3 heterocycles. The normalized spacial score (nSPS) is 16.3. The summed E-state index contributed by atoms with van der Waals surface area (Å²) in [7, 11) is 0. The number of carbonyl (C=O) groups excluding carboxylic acids is 1. The smallest absolute Gasteiger partial charge is 0.226 e. The Morgan fingerprint density at radius 1 is 1.27 bits per heavy atom. The third-order valence-electron chi connectivity index (χ3n) is 4.93. The van der Waals surface area contributed by atoms with Crippen molar-refractivity contribution >= 4 is 23.2 Å². The van der Waals surface area contributed by atoms with Gasteiger partial charge in [-0.15, -0.1) is 11.3 Å². The number of benzene rings is 1. The van der Waals surface area contributed by atoms with E-state index in [4.69, 9.17) is 4.74 Å². The molecular weight excluding hydrogens is 398 g/mol. The summed E-state index contributed by atoms with van der Waals surface area (Å²) in [5.74, 6) is 1.52. The lowest BCUT2D eigenvalue weighted by Gasteiger charge is -2.33. The third-order valence-corrected chi connectivity index (χ3v) is 5.86. The van der Waals surface area contributed by atoms with Crippen LogP contribution in [0.3, 0.4) is 0 Å². The summed E-state index contributed by atoms with van der Waals surface area (Å²) in [4.78, 5) is 28.0. The first-order valence-corrected chi connectivity index (χ1v) is 11.1. The van der Waals surface area contributed by atoms with E-state index in [0.29, 0.717) is 12.6 Å². The molecule has 3 aromatic rings. The fraction of sp³-hybridized carbons (Fsp3) is 0.364. The highest BCUT2D eigenvalue weighted by Gasteiger charge is 2.23. The minimum absolute atomic E-state index is 0.00854. The molecule has 1 aliphatic rings. The van der Waals surface area contributed by atoms with E-state index in [0.717, 1.165) is 47.9 Å². The van der Waals surface area contributed by atoms with E-state index < -0.39 is 0 Å². The summed E-state index contributed by atoms with van der Waals surface area (Å²) in [6, 6.07) is 9.75. The quantitative estimate of drug-likeness (QED) is 0.628. The fourth-order valence-corrected chi connectivity index (χ4v) is 4.46. The Balaban J connectivity index is 1.36. The standard InChI is InChI=1S/C22H25N5O2S/c1-2-29-19-9-4-3-8-18(19)21-26-17(15-30-21)13-20(28)25-16-7-5-12-27(14-16)22-23-10-6-11-24-22/h3-4,6,8-11,15-16H,2,5,7,12-14H2,1H3,(H,25,28). The molecule has 1 N–H and O–H groups in total. The Morgan fingerprint density at radius 2 is 2.10 bits per heavy atom. The van der Waals surface area contributed by atoms with E-state index in [1.807, 2.05) is 42.6 Å². The van der Waals surface area contributed by atoms with Crippen molar-refractivity contribution in [2.24, 2.45) is 0 Å². The summed E-state index contributed by atoms with van der Waals surface area (Å²) in [6.45, 7) is 4.19. The molecule has 0 radical (unpaired) electrons. The van der Waals surface area contributed by atoms with Gasteiger partial charge in [0.15, 0.2) is 0 Å². The summed E-state index contributed by atoms with van der Waals surface area (Å²) < 4.78 is 5.70. The van der Waals surface area contributed by atoms with Crippen molar-refractivity contribution in [1.29, 1.82) is 0 Å². The summed E-state index contributed by atoms with van der Waals surface area (Å²) in [5.41, 5.74) is 1.74. The molecule has 4 rings (SSSR count). The number of nitrogens with one attached hydrogen (secondary N) is 1. The van der Waals surface area contributed by atoms with Crippen molar-refractivity contribution in [2.75, 3.05) is 24.6 Å². The molecular formula is C22H25N5O2S. The first-order valence-electron chi connectivity index (χ1n) is 10.2. The lowest BCUT2D eigenvalue weighted by atomic mass is 10.1. The molecule has 0 saturated carbocycles. The van der Waals surface area contributed by atoms with Crippen molar-refractivity contribution in [3.8, 4) is 16.3 Å². The average Bonchev–Trinajstić information content (AvgIpc) is 3.23. The molecule has 1 amide bonds. The SMILES string of the molecule is CCOc1ccccc1-c1nc(CC(=O)NC2CCCN(c3ncccn3)C2)cs1. The van der Waals surface area contributed by atoms with E-state index >= 15 is 0 Å². The van der Waals surface area contributed by atoms with Crippen LogP contribution in [0.2, 0.25) is 0 Å². The van der Waals surface area contributed by atoms with Gasteiger partial charge in [0.2, 0.25) is 11.9 Å². The molecule has 0 spiro atoms. The molecule has 2 aromatic heterocycles. The first kappa shape index (κ1) is 20.3. The number of piperidine rings is 1. The second-order valence-corrected chi connectivity index (χ2v) is 8.01. The van der Waals surface area contributed by atoms with Crippen LogP contribution in [-0.2, 0) is 11.2 Å². The van der Waals surface area contributed by atoms with Crippen LogP contribution in [0, 0.1) is 0 Å². The highest BCUT2D eigenvalue weighted by atomic mass is 32.1. The van der Waals surface area contributed by atoms with Gasteiger partial charge < -0.3 is 15.0 Å². The van der Waals surface area contributed by atoms with Crippen LogP contribution in [0.1, 0.15) is 25.5 Å². The van der Waals surface area contributed by atoms with Crippen LogP contribution in [0.5, 0.6) is 5.75 Å². The number of ether oxygens (including phenoxy) is 1. The predicted molar refractivity (Wildman–Crippen MR) is 118 cm³/mol. The maximum Gasteiger partial charge on any atom is 0.226 e. The number of para-hydroxylation sites is 1. The van der Waals surface area contributed by atoms with E-state index in [-0.39, 0.29) is 18.4 Å². The Kier molecular flexibility index (Phi) is 6.53. The molecule has 30 heavy (non-hydrogen) atoms. The van der Waals surface area contributed by atoms with Crippen LogP contribution in [0.15, 0.2) is 48.1 Å². The average molecular weight is 424 g/mol. The Hall–Kier alpha value is -3.00. The van der Waals surface area contributed by atoms with Gasteiger partial charge in [-0.1, -0.05) is 12.1 Å². The molecule has 1 fully saturated rings. The van der Waals surface area contributed by atoms with Crippen molar-refractivity contribution in [1.82, 2.24) is 20.3 Å². The molecule has 1 aliphatic heterocycles. The number of rotatable bonds is 7. The van der Waals surface area contributed by atoms with Gasteiger partial charge >= 0.3 is 0 Å². The maximum absolute atomic E-state index is 12.6. The van der Waals surface area contributed by atoms with Crippen molar-refractivity contribution in [2.45, 2.75) is 32.2 Å². The fourth-order valence-electron chi connectivity index (χ4n) is 3.61. The second kappa shape index (κ2) is 9.67. The van der Waals surface area contributed by atoms with Crippen LogP contribution in [0.25, 0.3) is 10.6 Å². The van der Waals surface area contributed by atoms with Gasteiger partial charge in [0, 0.05) is 36.9 Å². The van der Waals surface area contributed by atoms with E-state index in [2.05, 4.69) is 25.2 Å². The maximum atomic E-state index is 12.6. The Labute approximate surface area is 180 Å². The number of nitrogens with zero attached hydrogens (tertiary/aromatic N) is 4. The number of aromatic nitrogens is 3. The zero-order valence-corrected chi connectivity index (χ0v) is 17.8. The summed E-state index contributed by atoms with van der Waals surface area (Å²) in [6.07, 6.45) is 5.71. The zero-order valence-electron chi connectivity index (χ0n) is 17.0. The van der Waals surface area contributed by atoms with Crippen LogP contribution in [0.4, 0.5) is 5.95 Å². The molecule has 1 saturated heterocycles. The van der Waals surface area contributed by atoms with E-state index in [9.17, 15) is 4.79 Å². The van der Waals surface area contributed by atoms with Crippen LogP contribution in [-0.4, -0.2) is 46.6 Å². The predicted octanol–water partition coefficient (Wildman–Crippen LogP) is 3.33. The minimum atomic E-state index is -0.00854. The van der Waals surface area contributed by atoms with Gasteiger partial charge in [-0.2, -0.15) is 0 Å². The third kappa shape index (κ3) is 4.94. The zero-order chi connectivity index (χ0) is 20.8. The minimum Gasteiger partial charge on any atom is -0.493 e. The number of hydrogen-bond acceptors (Lipinski definition) is 7. The van der Waals surface area contributed by atoms with Crippen LogP contribution >= 0.6 is 11.3 Å². The highest BCUT2D eigenvalue weighted by molar-refractivity contribution is 7.13. The van der Waals surface area contributed by atoms with Gasteiger partial charge in [-0.3, -0.25) is 4.79 Å². The number of thiazole rings is 1. The van der Waals surface area contributed by atoms with E-state index in [1.54, 1.807) is 12.4 Å². The Morgan fingerprint density at radius 3 is 2.93 bits per heavy atom. The summed E-state index contributed by atoms with van der Waals surface area (Å²) >= 11 is 1.53. The molecule has 1 atom stereocenters. The van der Waals surface area contributed by atoms with Gasteiger partial charge in [0.25, 0.3) is 0 Å². The Bertz CT molecular complexity index is 978. The second-order valence-electron chi connectivity index (χ2n) is 7.15. The topological polar surface area (TPSA) is 80.2 Å². The van der Waals surface area contributed by atoms with Gasteiger partial charge in [0.05, 0.1) is 24.3 Å². The number of carbonyl (C=O) groups is 1. The molecule has 7 nitrogen and oxygen atoms in total. The molecule has 8 heteroatoms. The van der Waals surface area contributed by atoms with Crippen molar-refractivity contribution in [3.05, 3.63) is 53.8 Å². The number of hydrogen-bond donors (Lipinski definition) is 1. The van der Waals surface area contributed by atoms with E-state index in [1.165, 1.54) is 11.3 Å². The highest BCUT2D eigenvalue weighted by Crippen LogP contribution is 2.32. The summed E-state index contributed by atoms with van der Waals surface area (Å²) in [5, 5.41) is 5.97. The van der Waals surface area contributed by atoms with Gasteiger partial charge in [-0.05, 0) is 38.0 Å². The number of anilines is 1. The number of amides is 1. The van der Waals surface area contributed by atoms with Crippen LogP contribution < -0.4 is 15.0 Å². The molecule has 0 aliphatic carbocycles. The molecule has 0 bridgehead atoms. The first-order chi connectivity index (χ1) is 14.7. The lowest BCUT2D eigenvalue weighted by Crippen LogP contribution is -2.48. The largest absolute Gasteiger partial charge is 0.493 e. The molecule has 156 valence electrons. The van der Waals surface area contributed by atoms with Gasteiger partial charge in [-0.25, -0.2) is 15.0 Å². The monoisotopic (exact) mass is 423 g/mol. The molecule has 1 aromatic carbocycles. The molecule has 1 unspecified atom stereocenters. The van der Waals surface area contributed by atoms with Crippen molar-refractivity contribution in [3.63, 3.8) is 0 Å². The lowest BCUT2D eigenvalue weighted by molar-refractivity contribution is -0.121. The van der Waals surface area contributed by atoms with Crippen molar-refractivity contribution < 1.29 is 9.53 Å².